The molecule has 0 aliphatic rings. The number of unbranched alkanes of at least 4 members (excludes halogenated alkanes) is 8. The molecule has 4 heteroatoms. The molecule has 0 saturated carbocycles. The van der Waals surface area contributed by atoms with E-state index in [4.69, 9.17) is 0 Å². The molecule has 1 unspecified atom stereocenters. The van der Waals surface area contributed by atoms with Gasteiger partial charge in [0, 0.05) is 0 Å². The summed E-state index contributed by atoms with van der Waals surface area (Å²) in [7, 11) is -4.59. The first-order valence-electron chi connectivity index (χ1n) is 14.0. The van der Waals surface area contributed by atoms with E-state index in [9.17, 15) is 14.7 Å². The first-order chi connectivity index (χ1) is 14.7. The Morgan fingerprint density at radius 1 is 0.594 bits per heavy atom. The third-order valence-electron chi connectivity index (χ3n) is 8.47. The summed E-state index contributed by atoms with van der Waals surface area (Å²) >= 11 is 0. The van der Waals surface area contributed by atoms with Crippen LogP contribution in [-0.4, -0.2) is 26.5 Å². The maximum atomic E-state index is 10.9. The molecule has 0 aliphatic carbocycles. The van der Waals surface area contributed by atoms with Crippen molar-refractivity contribution < 1.29 is 14.7 Å². The molecule has 0 aromatic rings. The molecule has 1 atom stereocenters. The summed E-state index contributed by atoms with van der Waals surface area (Å²) in [4.78, 5) is 32.8. The quantitative estimate of drug-likeness (QED) is 0.129. The van der Waals surface area contributed by atoms with E-state index in [0.717, 1.165) is 38.5 Å². The van der Waals surface area contributed by atoms with Crippen LogP contribution in [0.15, 0.2) is 0 Å². The normalized spacial score (nSPS) is 15.7. The van der Waals surface area contributed by atoms with Gasteiger partial charge in [0.05, 0.1) is 0 Å². The van der Waals surface area contributed by atoms with Crippen LogP contribution < -0.4 is 0 Å². The van der Waals surface area contributed by atoms with Crippen molar-refractivity contribution in [2.75, 3.05) is 6.16 Å². The zero-order valence-electron chi connectivity index (χ0n) is 23.4. The van der Waals surface area contributed by atoms with Crippen molar-refractivity contribution in [3.63, 3.8) is 0 Å². The van der Waals surface area contributed by atoms with Gasteiger partial charge in [-0.15, -0.1) is 0 Å². The third kappa shape index (κ3) is 10.3. The first kappa shape index (κ1) is 32.3. The van der Waals surface area contributed by atoms with Crippen molar-refractivity contribution in [2.24, 2.45) is 29.1 Å². The molecule has 0 spiro atoms. The van der Waals surface area contributed by atoms with Crippen LogP contribution in [-0.2, 0) is 0 Å². The van der Waals surface area contributed by atoms with Crippen LogP contribution in [0.4, 0.5) is 0 Å². The van der Waals surface area contributed by atoms with Gasteiger partial charge in [0.25, 0.3) is 0 Å². The fourth-order valence-corrected chi connectivity index (χ4v) is 9.67. The van der Waals surface area contributed by atoms with Gasteiger partial charge in [-0.25, -0.2) is 0 Å². The summed E-state index contributed by atoms with van der Waals surface area (Å²) < 4.78 is 0. The van der Waals surface area contributed by atoms with Crippen LogP contribution in [0.2, 0.25) is 0 Å². The molecule has 0 bridgehead atoms. The van der Waals surface area contributed by atoms with Gasteiger partial charge in [-0.1, -0.05) is 0 Å². The van der Waals surface area contributed by atoms with E-state index >= 15 is 0 Å². The van der Waals surface area contributed by atoms with E-state index < -0.39 is 7.28 Å². The molecular weight excluding hydrogens is 415 g/mol. The Morgan fingerprint density at radius 3 is 1.50 bits per heavy atom. The second-order valence-corrected chi connectivity index (χ2v) is 15.6. The van der Waals surface area contributed by atoms with E-state index in [2.05, 4.69) is 48.5 Å². The van der Waals surface area contributed by atoms with Crippen molar-refractivity contribution in [1.29, 1.82) is 0 Å². The van der Waals surface area contributed by atoms with Gasteiger partial charge < -0.3 is 0 Å². The topological polar surface area (TPSA) is 60.7 Å². The van der Waals surface area contributed by atoms with E-state index in [1.807, 2.05) is 13.8 Å². The Bertz CT molecular complexity index is 455. The molecule has 0 aromatic heterocycles. The Morgan fingerprint density at radius 2 is 1.03 bits per heavy atom. The number of rotatable bonds is 19. The summed E-state index contributed by atoms with van der Waals surface area (Å²) in [5, 5.41) is 0. The molecule has 0 aliphatic heterocycles. The van der Waals surface area contributed by atoms with Crippen LogP contribution in [0.1, 0.15) is 139 Å². The third-order valence-corrected chi connectivity index (χ3v) is 11.9. The van der Waals surface area contributed by atoms with Crippen molar-refractivity contribution >= 4 is 7.28 Å². The van der Waals surface area contributed by atoms with E-state index in [1.54, 1.807) is 0 Å². The average Bonchev–Trinajstić information content (AvgIpc) is 2.64. The zero-order valence-corrected chi connectivity index (χ0v) is 24.3. The molecule has 32 heavy (non-hydrogen) atoms. The van der Waals surface area contributed by atoms with Gasteiger partial charge in [-0.2, -0.15) is 0 Å². The summed E-state index contributed by atoms with van der Waals surface area (Å²) in [6, 6.07) is 0. The van der Waals surface area contributed by atoms with Crippen molar-refractivity contribution in [3.8, 4) is 0 Å². The molecule has 0 rings (SSSR count). The molecule has 0 heterocycles. The molecule has 3 N–H and O–H groups in total. The minimum absolute atomic E-state index is 0.0863. The summed E-state index contributed by atoms with van der Waals surface area (Å²) in [6.45, 7) is 20.5. The molecule has 0 fully saturated rings. The Hall–Kier alpha value is 0.310. The minimum atomic E-state index is -4.59. The molecule has 0 saturated heterocycles. The Balaban J connectivity index is 4.64. The molecular formula is C28H61O3P. The van der Waals surface area contributed by atoms with Gasteiger partial charge in [-0.3, -0.25) is 0 Å². The molecule has 0 amide bonds. The first-order valence-corrected chi connectivity index (χ1v) is 16.3. The number of hydrogen-bond acceptors (Lipinski definition) is 3. The Kier molecular flexibility index (Phi) is 14.8. The second-order valence-electron chi connectivity index (χ2n) is 12.1. The Labute approximate surface area is 202 Å². The number of hydrogen-bond donors (Lipinski definition) is 3. The van der Waals surface area contributed by atoms with E-state index in [0.29, 0.717) is 23.2 Å². The van der Waals surface area contributed by atoms with Crippen LogP contribution in [0, 0.1) is 29.1 Å². The van der Waals surface area contributed by atoms with Crippen LogP contribution >= 0.6 is 7.28 Å². The molecule has 0 radical (unpaired) electrons. The summed E-state index contributed by atoms with van der Waals surface area (Å²) in [6.07, 6.45) is 13.1. The summed E-state index contributed by atoms with van der Waals surface area (Å²) in [5.41, 5.74) is 0.0163. The van der Waals surface area contributed by atoms with E-state index in [1.165, 1.54) is 38.5 Å². The molecule has 196 valence electrons. The predicted octanol–water partition coefficient (Wildman–Crippen LogP) is 8.94. The molecule has 3 nitrogen and oxygen atoms in total. The standard InChI is InChI=1S/C28H61O3P/c1-10-11-12-13-16-19-22-32(29,30,31)27(23(2)3)20-17-14-15-18-21-28(24(4)5,25(6)7)26(8)9/h23-27,29-31H,10-22H2,1-9H3. The molecule has 0 aromatic carbocycles. The van der Waals surface area contributed by atoms with Crippen molar-refractivity contribution in [1.82, 2.24) is 0 Å². The van der Waals surface area contributed by atoms with Crippen LogP contribution in [0.5, 0.6) is 0 Å². The predicted molar refractivity (Wildman–Crippen MR) is 145 cm³/mol. The fourth-order valence-electron chi connectivity index (χ4n) is 6.57. The van der Waals surface area contributed by atoms with Crippen LogP contribution in [0.3, 0.4) is 0 Å². The van der Waals surface area contributed by atoms with Gasteiger partial charge in [-0.05, 0) is 0 Å². The second kappa shape index (κ2) is 14.7. The van der Waals surface area contributed by atoms with Gasteiger partial charge in [0.1, 0.15) is 0 Å². The van der Waals surface area contributed by atoms with Gasteiger partial charge in [0.2, 0.25) is 0 Å². The monoisotopic (exact) mass is 476 g/mol. The van der Waals surface area contributed by atoms with E-state index in [-0.39, 0.29) is 17.7 Å². The maximum absolute atomic E-state index is 10.9. The van der Waals surface area contributed by atoms with Crippen molar-refractivity contribution in [3.05, 3.63) is 0 Å². The van der Waals surface area contributed by atoms with Crippen molar-refractivity contribution in [2.45, 2.75) is 145 Å². The zero-order chi connectivity index (χ0) is 25.0. The summed E-state index contributed by atoms with van der Waals surface area (Å²) in [5.74, 6) is 2.13. The average molecular weight is 477 g/mol. The fraction of sp³-hybridized carbons (Fsp3) is 1.00. The van der Waals surface area contributed by atoms with Gasteiger partial charge in [0.15, 0.2) is 0 Å². The SMILES string of the molecule is CCCCCCCCP(O)(O)(O)C(CCCCCCC(C(C)C)(C(C)C)C(C)C)C(C)C. The van der Waals surface area contributed by atoms with Gasteiger partial charge >= 0.3 is 202 Å². The van der Waals surface area contributed by atoms with Crippen LogP contribution in [0.25, 0.3) is 0 Å².